The van der Waals surface area contributed by atoms with Gasteiger partial charge in [-0.15, -0.1) is 0 Å². The highest BCUT2D eigenvalue weighted by Crippen LogP contribution is 2.32. The zero-order valence-electron chi connectivity index (χ0n) is 19.0. The average molecular weight is 735 g/mol. The molecule has 1 fully saturated rings. The van der Waals surface area contributed by atoms with Gasteiger partial charge in [0.15, 0.2) is 0 Å². The molecule has 0 unspecified atom stereocenters. The number of rotatable bonds is 5. The van der Waals surface area contributed by atoms with Gasteiger partial charge in [-0.3, -0.25) is 14.9 Å². The van der Waals surface area contributed by atoms with Crippen molar-refractivity contribution in [3.05, 3.63) is 108 Å². The van der Waals surface area contributed by atoms with Crippen LogP contribution >= 0.6 is 56.8 Å². The van der Waals surface area contributed by atoms with Crippen molar-refractivity contribution in [1.82, 2.24) is 5.32 Å². The number of amides is 4. The highest BCUT2D eigenvalue weighted by atomic mass is 127. The van der Waals surface area contributed by atoms with E-state index in [1.807, 2.05) is 36.4 Å². The summed E-state index contributed by atoms with van der Waals surface area (Å²) in [5.41, 5.74) is 1.87. The molecule has 0 spiro atoms. The summed E-state index contributed by atoms with van der Waals surface area (Å²) in [4.78, 5) is 39.0. The van der Waals surface area contributed by atoms with Crippen molar-refractivity contribution in [2.24, 2.45) is 0 Å². The lowest BCUT2D eigenvalue weighted by atomic mass is 10.1. The van der Waals surface area contributed by atoms with E-state index in [1.54, 1.807) is 24.3 Å². The Morgan fingerprint density at radius 2 is 1.57 bits per heavy atom. The number of fused-ring (bicyclic) bond motifs is 1. The Kier molecular flexibility index (Phi) is 7.50. The molecule has 0 radical (unpaired) electrons. The third-order valence-electron chi connectivity index (χ3n) is 5.77. The molecule has 5 rings (SSSR count). The van der Waals surface area contributed by atoms with Crippen LogP contribution in [0.15, 0.2) is 84.4 Å². The summed E-state index contributed by atoms with van der Waals surface area (Å²) in [6.45, 7) is 0.396. The van der Waals surface area contributed by atoms with Gasteiger partial charge in [0.05, 0.1) is 12.8 Å². The molecule has 1 aliphatic heterocycles. The molecule has 4 aromatic rings. The maximum absolute atomic E-state index is 13.2. The Labute approximate surface area is 244 Å². The number of ether oxygens (including phenoxy) is 1. The lowest BCUT2D eigenvalue weighted by molar-refractivity contribution is -0.122. The van der Waals surface area contributed by atoms with E-state index in [2.05, 4.69) is 68.7 Å². The first-order chi connectivity index (χ1) is 17.8. The number of carbonyl (C=O) groups excluding carboxylic acids is 3. The van der Waals surface area contributed by atoms with Crippen LogP contribution in [0.5, 0.6) is 5.75 Å². The Morgan fingerprint density at radius 1 is 0.892 bits per heavy atom. The number of hydrogen-bond acceptors (Lipinski definition) is 4. The summed E-state index contributed by atoms with van der Waals surface area (Å²) >= 11 is 10.3. The van der Waals surface area contributed by atoms with E-state index in [9.17, 15) is 14.4 Å². The number of nitrogens with zero attached hydrogens (tertiary/aromatic N) is 1. The number of carbonyl (C=O) groups is 3. The molecule has 1 saturated heterocycles. The van der Waals surface area contributed by atoms with Crippen molar-refractivity contribution < 1.29 is 19.1 Å². The first-order valence-corrected chi connectivity index (χ1v) is 13.6. The summed E-state index contributed by atoms with van der Waals surface area (Å²) in [6, 6.07) is 23.4. The largest absolute Gasteiger partial charge is 0.487 e. The maximum atomic E-state index is 13.2. The van der Waals surface area contributed by atoms with Crippen LogP contribution in [-0.4, -0.2) is 17.8 Å². The first kappa shape index (κ1) is 25.7. The molecule has 184 valence electrons. The Bertz CT molecular complexity index is 1570. The smallest absolute Gasteiger partial charge is 0.335 e. The minimum Gasteiger partial charge on any atom is -0.487 e. The molecule has 4 aromatic carbocycles. The minimum atomic E-state index is -0.809. The molecule has 0 saturated carbocycles. The lowest BCUT2D eigenvalue weighted by Crippen LogP contribution is -2.54. The van der Waals surface area contributed by atoms with Crippen molar-refractivity contribution in [3.8, 4) is 5.75 Å². The molecule has 1 N–H and O–H groups in total. The van der Waals surface area contributed by atoms with E-state index < -0.39 is 17.8 Å². The Balaban J connectivity index is 1.41. The zero-order chi connectivity index (χ0) is 26.1. The second-order valence-electron chi connectivity index (χ2n) is 8.17. The first-order valence-electron chi connectivity index (χ1n) is 11.1. The van der Waals surface area contributed by atoms with Gasteiger partial charge in [-0.1, -0.05) is 54.1 Å². The molecule has 0 aromatic heterocycles. The lowest BCUT2D eigenvalue weighted by Gasteiger charge is -2.26. The molecule has 6 nitrogen and oxygen atoms in total. The Hall–Kier alpha value is -2.96. The third kappa shape index (κ3) is 5.36. The van der Waals surface area contributed by atoms with Crippen LogP contribution in [0.4, 0.5) is 10.5 Å². The number of hydrogen-bond donors (Lipinski definition) is 1. The maximum Gasteiger partial charge on any atom is 0.335 e. The normalized spacial score (nSPS) is 14.8. The standard InChI is InChI=1S/C28H17ClI2N2O4/c29-19-8-10-20(11-9-19)33-27(35)22(26(34)32-28(33)36)12-16-13-23(30)25(24(31)14-16)37-15-18-6-3-5-17-4-1-2-7-21(17)18/h1-14H,15H2,(H,32,34,36)/b22-12+. The fourth-order valence-electron chi connectivity index (χ4n) is 4.02. The third-order valence-corrected chi connectivity index (χ3v) is 7.62. The van der Waals surface area contributed by atoms with Crippen molar-refractivity contribution in [1.29, 1.82) is 0 Å². The van der Waals surface area contributed by atoms with E-state index in [0.717, 1.165) is 28.4 Å². The van der Waals surface area contributed by atoms with Gasteiger partial charge in [-0.05, 0) is 110 Å². The highest BCUT2D eigenvalue weighted by molar-refractivity contribution is 14.1. The number of anilines is 1. The molecule has 37 heavy (non-hydrogen) atoms. The summed E-state index contributed by atoms with van der Waals surface area (Å²) < 4.78 is 7.85. The second kappa shape index (κ2) is 10.8. The fraction of sp³-hybridized carbons (Fsp3) is 0.0357. The monoisotopic (exact) mass is 734 g/mol. The van der Waals surface area contributed by atoms with Crippen LogP contribution in [-0.2, 0) is 16.2 Å². The van der Waals surface area contributed by atoms with Crippen LogP contribution < -0.4 is 15.0 Å². The summed E-state index contributed by atoms with van der Waals surface area (Å²) in [6.07, 6.45) is 1.48. The number of urea groups is 1. The second-order valence-corrected chi connectivity index (χ2v) is 10.9. The van der Waals surface area contributed by atoms with E-state index in [1.165, 1.54) is 6.08 Å². The van der Waals surface area contributed by atoms with Crippen molar-refractivity contribution in [2.45, 2.75) is 6.61 Å². The van der Waals surface area contributed by atoms with E-state index in [-0.39, 0.29) is 5.57 Å². The molecule has 1 heterocycles. The zero-order valence-corrected chi connectivity index (χ0v) is 24.1. The van der Waals surface area contributed by atoms with Gasteiger partial charge in [0, 0.05) is 5.02 Å². The average Bonchev–Trinajstić information content (AvgIpc) is 2.87. The van der Waals surface area contributed by atoms with Gasteiger partial charge in [-0.25, -0.2) is 9.69 Å². The highest BCUT2D eigenvalue weighted by Gasteiger charge is 2.36. The molecular weight excluding hydrogens is 718 g/mol. The fourth-order valence-corrected chi connectivity index (χ4v) is 6.27. The van der Waals surface area contributed by atoms with Crippen LogP contribution in [0, 0.1) is 7.14 Å². The minimum absolute atomic E-state index is 0.148. The number of benzene rings is 4. The topological polar surface area (TPSA) is 75.7 Å². The van der Waals surface area contributed by atoms with Crippen LogP contribution in [0.1, 0.15) is 11.1 Å². The summed E-state index contributed by atoms with van der Waals surface area (Å²) in [5.74, 6) is -0.743. The summed E-state index contributed by atoms with van der Waals surface area (Å²) in [7, 11) is 0. The molecule has 9 heteroatoms. The Morgan fingerprint density at radius 3 is 2.30 bits per heavy atom. The summed E-state index contributed by atoms with van der Waals surface area (Å²) in [5, 5.41) is 4.99. The van der Waals surface area contributed by atoms with Crippen molar-refractivity contribution in [2.75, 3.05) is 4.90 Å². The number of barbiturate groups is 1. The van der Waals surface area contributed by atoms with E-state index in [0.29, 0.717) is 28.6 Å². The van der Waals surface area contributed by atoms with Crippen LogP contribution in [0.2, 0.25) is 5.02 Å². The van der Waals surface area contributed by atoms with E-state index >= 15 is 0 Å². The molecule has 0 atom stereocenters. The quantitative estimate of drug-likeness (QED) is 0.137. The predicted octanol–water partition coefficient (Wildman–Crippen LogP) is 6.95. The predicted molar refractivity (Wildman–Crippen MR) is 161 cm³/mol. The van der Waals surface area contributed by atoms with Crippen LogP contribution in [0.3, 0.4) is 0 Å². The number of imide groups is 2. The van der Waals surface area contributed by atoms with Gasteiger partial charge in [0.25, 0.3) is 11.8 Å². The molecule has 1 aliphatic rings. The molecule has 4 amide bonds. The van der Waals surface area contributed by atoms with Gasteiger partial charge in [-0.2, -0.15) is 0 Å². The molecule has 0 aliphatic carbocycles. The van der Waals surface area contributed by atoms with E-state index in [4.69, 9.17) is 16.3 Å². The van der Waals surface area contributed by atoms with Gasteiger partial charge in [0.2, 0.25) is 0 Å². The molecular formula is C28H17ClI2N2O4. The number of halogens is 3. The number of nitrogens with one attached hydrogen (secondary N) is 1. The van der Waals surface area contributed by atoms with Gasteiger partial charge < -0.3 is 4.74 Å². The van der Waals surface area contributed by atoms with Gasteiger partial charge >= 0.3 is 6.03 Å². The molecule has 0 bridgehead atoms. The SMILES string of the molecule is O=C1NC(=O)N(c2ccc(Cl)cc2)C(=O)/C1=C/c1cc(I)c(OCc2cccc3ccccc23)c(I)c1. The van der Waals surface area contributed by atoms with Crippen LogP contribution in [0.25, 0.3) is 16.8 Å². The van der Waals surface area contributed by atoms with Crippen molar-refractivity contribution >= 4 is 97.2 Å². The van der Waals surface area contributed by atoms with Crippen molar-refractivity contribution in [3.63, 3.8) is 0 Å². The van der Waals surface area contributed by atoms with Gasteiger partial charge in [0.1, 0.15) is 17.9 Å².